The zero-order valence-electron chi connectivity index (χ0n) is 11.5. The molecular formula is C13H27NS2. The molecule has 0 aromatic carbocycles. The van der Waals surface area contributed by atoms with Gasteiger partial charge in [0, 0.05) is 27.5 Å². The third kappa shape index (κ3) is 3.85. The third-order valence-electron chi connectivity index (χ3n) is 3.30. The summed E-state index contributed by atoms with van der Waals surface area (Å²) >= 11 is 4.33. The van der Waals surface area contributed by atoms with Crippen LogP contribution in [0.4, 0.5) is 0 Å². The van der Waals surface area contributed by atoms with Crippen LogP contribution in [0.1, 0.15) is 41.5 Å². The quantitative estimate of drug-likeness (QED) is 0.833. The molecule has 1 saturated heterocycles. The predicted molar refractivity (Wildman–Crippen MR) is 79.7 cm³/mol. The van der Waals surface area contributed by atoms with Gasteiger partial charge in [0.2, 0.25) is 0 Å². The molecule has 1 N–H and O–H groups in total. The average Bonchev–Trinajstić information content (AvgIpc) is 2.17. The van der Waals surface area contributed by atoms with Gasteiger partial charge in [0.25, 0.3) is 0 Å². The maximum absolute atomic E-state index is 3.69. The molecule has 0 radical (unpaired) electrons. The molecular weight excluding hydrogens is 234 g/mol. The van der Waals surface area contributed by atoms with Crippen molar-refractivity contribution in [3.8, 4) is 0 Å². The fourth-order valence-electron chi connectivity index (χ4n) is 2.20. The summed E-state index contributed by atoms with van der Waals surface area (Å²) in [6.07, 6.45) is 0. The maximum atomic E-state index is 3.69. The first-order valence-corrected chi connectivity index (χ1v) is 8.35. The van der Waals surface area contributed by atoms with Crippen LogP contribution >= 0.6 is 23.5 Å². The molecule has 3 heteroatoms. The molecule has 0 spiro atoms. The molecule has 16 heavy (non-hydrogen) atoms. The van der Waals surface area contributed by atoms with E-state index in [9.17, 15) is 0 Å². The Kier molecular flexibility index (Phi) is 5.53. The topological polar surface area (TPSA) is 12.0 Å². The lowest BCUT2D eigenvalue weighted by Gasteiger charge is -2.42. The van der Waals surface area contributed by atoms with Crippen LogP contribution in [0.2, 0.25) is 0 Å². The number of hydrogen-bond acceptors (Lipinski definition) is 3. The Morgan fingerprint density at radius 1 is 1.25 bits per heavy atom. The van der Waals surface area contributed by atoms with Crippen molar-refractivity contribution < 1.29 is 0 Å². The Morgan fingerprint density at radius 2 is 1.88 bits per heavy atom. The normalized spacial score (nSPS) is 33.8. The monoisotopic (exact) mass is 261 g/mol. The van der Waals surface area contributed by atoms with Crippen molar-refractivity contribution in [2.75, 3.05) is 12.3 Å². The van der Waals surface area contributed by atoms with Crippen LogP contribution in [0.25, 0.3) is 0 Å². The summed E-state index contributed by atoms with van der Waals surface area (Å²) in [5.74, 6) is 1.30. The number of hydrogen-bond donors (Lipinski definition) is 1. The highest BCUT2D eigenvalue weighted by atomic mass is 32.2. The van der Waals surface area contributed by atoms with Crippen LogP contribution in [0.3, 0.4) is 0 Å². The second kappa shape index (κ2) is 6.01. The molecule has 1 nitrogen and oxygen atoms in total. The Hall–Kier alpha value is 0.660. The highest BCUT2D eigenvalue weighted by molar-refractivity contribution is 8.07. The van der Waals surface area contributed by atoms with Gasteiger partial charge in [-0.3, -0.25) is 0 Å². The highest BCUT2D eigenvalue weighted by Crippen LogP contribution is 2.40. The molecule has 0 bridgehead atoms. The van der Waals surface area contributed by atoms with E-state index in [1.807, 2.05) is 0 Å². The first-order valence-electron chi connectivity index (χ1n) is 6.36. The molecule has 0 aromatic heterocycles. The molecule has 1 heterocycles. The summed E-state index contributed by atoms with van der Waals surface area (Å²) in [6.45, 7) is 15.1. The van der Waals surface area contributed by atoms with Gasteiger partial charge in [-0.2, -0.15) is 23.5 Å². The van der Waals surface area contributed by atoms with E-state index in [2.05, 4.69) is 70.4 Å². The molecule has 1 fully saturated rings. The van der Waals surface area contributed by atoms with Gasteiger partial charge in [0.1, 0.15) is 0 Å². The van der Waals surface area contributed by atoms with Gasteiger partial charge in [-0.05, 0) is 12.0 Å². The molecule has 0 aliphatic carbocycles. The van der Waals surface area contributed by atoms with Gasteiger partial charge >= 0.3 is 0 Å². The van der Waals surface area contributed by atoms with Crippen molar-refractivity contribution in [1.29, 1.82) is 0 Å². The van der Waals surface area contributed by atoms with E-state index in [1.54, 1.807) is 0 Å². The van der Waals surface area contributed by atoms with Gasteiger partial charge in [-0.25, -0.2) is 0 Å². The van der Waals surface area contributed by atoms with Crippen LogP contribution < -0.4 is 5.32 Å². The smallest absolute Gasteiger partial charge is 0.0299 e. The van der Waals surface area contributed by atoms with Crippen molar-refractivity contribution >= 4 is 23.5 Å². The minimum Gasteiger partial charge on any atom is -0.313 e. The van der Waals surface area contributed by atoms with Crippen LogP contribution in [0, 0.1) is 5.41 Å². The van der Waals surface area contributed by atoms with Crippen LogP contribution in [-0.2, 0) is 0 Å². The lowest BCUT2D eigenvalue weighted by atomic mass is 9.85. The zero-order valence-corrected chi connectivity index (χ0v) is 13.2. The van der Waals surface area contributed by atoms with Crippen molar-refractivity contribution in [1.82, 2.24) is 5.32 Å². The van der Waals surface area contributed by atoms with Crippen LogP contribution in [-0.4, -0.2) is 34.1 Å². The fraction of sp³-hybridized carbons (Fsp3) is 1.00. The average molecular weight is 262 g/mol. The molecule has 1 aliphatic rings. The van der Waals surface area contributed by atoms with Gasteiger partial charge < -0.3 is 5.32 Å². The molecule has 96 valence electrons. The SMILES string of the molecule is CCNC(C1CSC(C)C(C)S1)C(C)(C)C. The highest BCUT2D eigenvalue weighted by Gasteiger charge is 2.36. The van der Waals surface area contributed by atoms with E-state index < -0.39 is 0 Å². The van der Waals surface area contributed by atoms with Gasteiger partial charge in [-0.1, -0.05) is 41.5 Å². The van der Waals surface area contributed by atoms with Gasteiger partial charge in [0.15, 0.2) is 0 Å². The molecule has 1 aliphatic heterocycles. The first-order chi connectivity index (χ1) is 7.36. The van der Waals surface area contributed by atoms with Crippen molar-refractivity contribution in [3.05, 3.63) is 0 Å². The summed E-state index contributed by atoms with van der Waals surface area (Å²) in [5, 5.41) is 6.05. The van der Waals surface area contributed by atoms with E-state index in [0.29, 0.717) is 11.5 Å². The van der Waals surface area contributed by atoms with Crippen LogP contribution in [0.5, 0.6) is 0 Å². The van der Waals surface area contributed by atoms with Crippen LogP contribution in [0.15, 0.2) is 0 Å². The van der Waals surface area contributed by atoms with Crippen molar-refractivity contribution in [3.63, 3.8) is 0 Å². The third-order valence-corrected chi connectivity index (χ3v) is 6.80. The lowest BCUT2D eigenvalue weighted by molar-refractivity contribution is 0.271. The van der Waals surface area contributed by atoms with E-state index in [0.717, 1.165) is 22.3 Å². The molecule has 0 saturated carbocycles. The fourth-order valence-corrected chi connectivity index (χ4v) is 5.57. The molecule has 0 aromatic rings. The summed E-state index contributed by atoms with van der Waals surface area (Å²) in [6, 6.07) is 0.630. The van der Waals surface area contributed by atoms with Gasteiger partial charge in [-0.15, -0.1) is 0 Å². The number of thioether (sulfide) groups is 2. The minimum atomic E-state index is 0.356. The summed E-state index contributed by atoms with van der Waals surface area (Å²) in [5.41, 5.74) is 0.356. The van der Waals surface area contributed by atoms with E-state index in [4.69, 9.17) is 0 Å². The van der Waals surface area contributed by atoms with E-state index in [-0.39, 0.29) is 0 Å². The maximum Gasteiger partial charge on any atom is 0.0299 e. The number of rotatable bonds is 3. The summed E-state index contributed by atoms with van der Waals surface area (Å²) in [4.78, 5) is 0. The zero-order chi connectivity index (χ0) is 12.3. The van der Waals surface area contributed by atoms with E-state index >= 15 is 0 Å². The Morgan fingerprint density at radius 3 is 2.31 bits per heavy atom. The molecule has 0 amide bonds. The van der Waals surface area contributed by atoms with Crippen molar-refractivity contribution in [2.24, 2.45) is 5.41 Å². The summed E-state index contributed by atoms with van der Waals surface area (Å²) in [7, 11) is 0. The molecule has 1 rings (SSSR count). The standard InChI is InChI=1S/C13H27NS2/c1-7-14-12(13(4,5)6)11-8-15-9(2)10(3)16-11/h9-12,14H,7-8H2,1-6H3. The summed E-state index contributed by atoms with van der Waals surface area (Å²) < 4.78 is 0. The molecule has 4 unspecified atom stereocenters. The van der Waals surface area contributed by atoms with E-state index in [1.165, 1.54) is 5.75 Å². The Bertz CT molecular complexity index is 212. The minimum absolute atomic E-state index is 0.356. The lowest BCUT2D eigenvalue weighted by Crippen LogP contribution is -2.50. The van der Waals surface area contributed by atoms with Gasteiger partial charge in [0.05, 0.1) is 0 Å². The Labute approximate surface area is 110 Å². The predicted octanol–water partition coefficient (Wildman–Crippen LogP) is 3.64. The van der Waals surface area contributed by atoms with Crippen molar-refractivity contribution in [2.45, 2.75) is 63.3 Å². The Balaban J connectivity index is 2.65. The molecule has 4 atom stereocenters. The first kappa shape index (κ1) is 14.7. The second-order valence-corrected chi connectivity index (χ2v) is 8.85. The number of nitrogens with one attached hydrogen (secondary N) is 1. The largest absolute Gasteiger partial charge is 0.313 e. The second-order valence-electron chi connectivity index (χ2n) is 5.82.